The molecule has 0 saturated carbocycles. The minimum absolute atomic E-state index is 0.0607. The third kappa shape index (κ3) is 3.77. The van der Waals surface area contributed by atoms with Crippen molar-refractivity contribution in [2.75, 3.05) is 5.32 Å². The fourth-order valence-electron chi connectivity index (χ4n) is 1.45. The Morgan fingerprint density at radius 3 is 2.84 bits per heavy atom. The minimum Gasteiger partial charge on any atom is -0.324 e. The Morgan fingerprint density at radius 1 is 1.47 bits per heavy atom. The lowest BCUT2D eigenvalue weighted by atomic mass is 10.2. The molecule has 0 aliphatic heterocycles. The van der Waals surface area contributed by atoms with Crippen molar-refractivity contribution in [2.45, 2.75) is 13.5 Å². The molecular formula is C11H9Br2ClN4O. The summed E-state index contributed by atoms with van der Waals surface area (Å²) in [7, 11) is 0. The summed E-state index contributed by atoms with van der Waals surface area (Å²) in [5.74, 6) is -0.205. The van der Waals surface area contributed by atoms with Gasteiger partial charge in [0.1, 0.15) is 6.54 Å². The van der Waals surface area contributed by atoms with E-state index in [0.717, 1.165) is 5.56 Å². The maximum Gasteiger partial charge on any atom is 0.246 e. The van der Waals surface area contributed by atoms with Crippen molar-refractivity contribution in [3.05, 3.63) is 38.3 Å². The molecule has 1 aromatic heterocycles. The first-order valence-corrected chi connectivity index (χ1v) is 7.24. The number of aryl methyl sites for hydroxylation is 1. The first kappa shape index (κ1) is 14.5. The molecule has 19 heavy (non-hydrogen) atoms. The largest absolute Gasteiger partial charge is 0.324 e. The second-order valence-electron chi connectivity index (χ2n) is 3.81. The van der Waals surface area contributed by atoms with Crippen LogP contribution in [-0.4, -0.2) is 20.7 Å². The molecule has 0 bridgehead atoms. The Hall–Kier alpha value is -0.920. The maximum atomic E-state index is 11.9. The van der Waals surface area contributed by atoms with Crippen LogP contribution >= 0.6 is 43.5 Å². The average Bonchev–Trinajstić information content (AvgIpc) is 2.62. The van der Waals surface area contributed by atoms with E-state index in [4.69, 9.17) is 11.6 Å². The quantitative estimate of drug-likeness (QED) is 0.847. The summed E-state index contributed by atoms with van der Waals surface area (Å²) in [5, 5.41) is 7.38. The van der Waals surface area contributed by atoms with Crippen molar-refractivity contribution >= 4 is 55.1 Å². The Balaban J connectivity index is 2.09. The summed E-state index contributed by atoms with van der Waals surface area (Å²) in [6.45, 7) is 1.96. The van der Waals surface area contributed by atoms with Crippen molar-refractivity contribution in [3.63, 3.8) is 0 Å². The fraction of sp³-hybridized carbons (Fsp3) is 0.182. The highest BCUT2D eigenvalue weighted by atomic mass is 79.9. The van der Waals surface area contributed by atoms with Crippen molar-refractivity contribution in [3.8, 4) is 0 Å². The standard InChI is InChI=1S/C11H9Br2ClN4O/c1-6-2-3-7(14)4-8(6)15-9(19)5-18-11(13)16-10(12)17-18/h2-4H,5H2,1H3,(H,15,19). The second kappa shape index (κ2) is 6.02. The molecule has 2 rings (SSSR count). The van der Waals surface area contributed by atoms with Gasteiger partial charge >= 0.3 is 0 Å². The van der Waals surface area contributed by atoms with Crippen LogP contribution in [0.3, 0.4) is 0 Å². The van der Waals surface area contributed by atoms with Crippen molar-refractivity contribution in [2.24, 2.45) is 0 Å². The van der Waals surface area contributed by atoms with E-state index in [1.807, 2.05) is 13.0 Å². The highest BCUT2D eigenvalue weighted by molar-refractivity contribution is 9.11. The van der Waals surface area contributed by atoms with Crippen LogP contribution in [0.1, 0.15) is 5.56 Å². The number of hydrogen-bond acceptors (Lipinski definition) is 3. The zero-order valence-corrected chi connectivity index (χ0v) is 13.8. The van der Waals surface area contributed by atoms with Gasteiger partial charge in [-0.15, -0.1) is 5.10 Å². The van der Waals surface area contributed by atoms with E-state index < -0.39 is 0 Å². The number of halogens is 3. The van der Waals surface area contributed by atoms with E-state index >= 15 is 0 Å². The third-order valence-corrected chi connectivity index (χ3v) is 3.53. The SMILES string of the molecule is Cc1ccc(Cl)cc1NC(=O)Cn1nc(Br)nc1Br. The van der Waals surface area contributed by atoms with Gasteiger partial charge in [-0.2, -0.15) is 4.98 Å². The molecule has 0 aliphatic carbocycles. The highest BCUT2D eigenvalue weighted by Crippen LogP contribution is 2.20. The van der Waals surface area contributed by atoms with Crippen molar-refractivity contribution in [1.82, 2.24) is 14.8 Å². The van der Waals surface area contributed by atoms with Gasteiger partial charge in [-0.25, -0.2) is 4.68 Å². The monoisotopic (exact) mass is 406 g/mol. The predicted molar refractivity (Wildman–Crippen MR) is 80.2 cm³/mol. The predicted octanol–water partition coefficient (Wildman–Crippen LogP) is 3.40. The number of aromatic nitrogens is 3. The number of anilines is 1. The number of nitrogens with zero attached hydrogens (tertiary/aromatic N) is 3. The molecule has 0 aliphatic rings. The van der Waals surface area contributed by atoms with Crippen LogP contribution in [0.5, 0.6) is 0 Å². The lowest BCUT2D eigenvalue weighted by Gasteiger charge is -2.09. The van der Waals surface area contributed by atoms with Crippen LogP contribution in [0.15, 0.2) is 27.7 Å². The van der Waals surface area contributed by atoms with Crippen LogP contribution in [-0.2, 0) is 11.3 Å². The average molecular weight is 408 g/mol. The van der Waals surface area contributed by atoms with Gasteiger partial charge in [0.15, 0.2) is 4.73 Å². The second-order valence-corrected chi connectivity index (χ2v) is 5.67. The van der Waals surface area contributed by atoms with Crippen LogP contribution in [0.4, 0.5) is 5.69 Å². The molecule has 1 amide bonds. The van der Waals surface area contributed by atoms with Gasteiger partial charge in [0.05, 0.1) is 0 Å². The Labute approximate surface area is 131 Å². The maximum absolute atomic E-state index is 11.9. The number of nitrogens with one attached hydrogen (secondary N) is 1. The van der Waals surface area contributed by atoms with Crippen LogP contribution < -0.4 is 5.32 Å². The van der Waals surface area contributed by atoms with E-state index in [2.05, 4.69) is 47.3 Å². The van der Waals surface area contributed by atoms with Crippen molar-refractivity contribution in [1.29, 1.82) is 0 Å². The lowest BCUT2D eigenvalue weighted by Crippen LogP contribution is -2.20. The van der Waals surface area contributed by atoms with Gasteiger partial charge in [-0.3, -0.25) is 4.79 Å². The highest BCUT2D eigenvalue weighted by Gasteiger charge is 2.11. The van der Waals surface area contributed by atoms with Crippen LogP contribution in [0, 0.1) is 6.92 Å². The number of rotatable bonds is 3. The molecule has 0 spiro atoms. The zero-order valence-electron chi connectivity index (χ0n) is 9.82. The van der Waals surface area contributed by atoms with E-state index in [1.54, 1.807) is 12.1 Å². The van der Waals surface area contributed by atoms with E-state index in [0.29, 0.717) is 20.2 Å². The summed E-state index contributed by atoms with van der Waals surface area (Å²) >= 11 is 12.3. The molecule has 0 unspecified atom stereocenters. The molecular weight excluding hydrogens is 399 g/mol. The van der Waals surface area contributed by atoms with Crippen LogP contribution in [0.25, 0.3) is 0 Å². The minimum atomic E-state index is -0.205. The molecule has 0 radical (unpaired) electrons. The van der Waals surface area contributed by atoms with Gasteiger partial charge in [-0.1, -0.05) is 17.7 Å². The van der Waals surface area contributed by atoms with Gasteiger partial charge in [0.25, 0.3) is 0 Å². The van der Waals surface area contributed by atoms with E-state index in [1.165, 1.54) is 4.68 Å². The fourth-order valence-corrected chi connectivity index (χ4v) is 2.59. The molecule has 1 N–H and O–H groups in total. The smallest absolute Gasteiger partial charge is 0.246 e. The van der Waals surface area contributed by atoms with Gasteiger partial charge < -0.3 is 5.32 Å². The van der Waals surface area contributed by atoms with Crippen molar-refractivity contribution < 1.29 is 4.79 Å². The Morgan fingerprint density at radius 2 is 2.21 bits per heavy atom. The number of carbonyl (C=O) groups is 1. The molecule has 1 aromatic carbocycles. The number of benzene rings is 1. The van der Waals surface area contributed by atoms with E-state index in [-0.39, 0.29) is 12.5 Å². The lowest BCUT2D eigenvalue weighted by molar-refractivity contribution is -0.116. The number of carbonyl (C=O) groups excluding carboxylic acids is 1. The summed E-state index contributed by atoms with van der Waals surface area (Å²) in [5.41, 5.74) is 1.63. The Kier molecular flexibility index (Phi) is 4.59. The Bertz CT molecular complexity index is 629. The van der Waals surface area contributed by atoms with Gasteiger partial charge in [0.2, 0.25) is 10.6 Å². The van der Waals surface area contributed by atoms with Crippen LogP contribution in [0.2, 0.25) is 5.02 Å². The molecule has 2 aromatic rings. The molecule has 8 heteroatoms. The molecule has 1 heterocycles. The molecule has 0 saturated heterocycles. The molecule has 0 atom stereocenters. The summed E-state index contributed by atoms with van der Waals surface area (Å²) in [6, 6.07) is 5.33. The van der Waals surface area contributed by atoms with Gasteiger partial charge in [-0.05, 0) is 56.5 Å². The first-order chi connectivity index (χ1) is 8.95. The summed E-state index contributed by atoms with van der Waals surface area (Å²) < 4.78 is 2.35. The topological polar surface area (TPSA) is 59.8 Å². The third-order valence-electron chi connectivity index (χ3n) is 2.37. The summed E-state index contributed by atoms with van der Waals surface area (Å²) in [6.07, 6.45) is 0. The molecule has 0 fully saturated rings. The normalized spacial score (nSPS) is 10.5. The molecule has 100 valence electrons. The van der Waals surface area contributed by atoms with Gasteiger partial charge in [0, 0.05) is 10.7 Å². The first-order valence-electron chi connectivity index (χ1n) is 5.27. The summed E-state index contributed by atoms with van der Waals surface area (Å²) in [4.78, 5) is 15.9. The van der Waals surface area contributed by atoms with E-state index in [9.17, 15) is 4.79 Å². The molecule has 5 nitrogen and oxygen atoms in total. The number of hydrogen-bond donors (Lipinski definition) is 1. The number of amides is 1. The zero-order chi connectivity index (χ0) is 14.0.